The Bertz CT molecular complexity index is 306. The van der Waals surface area contributed by atoms with E-state index >= 15 is 0 Å². The molecule has 0 spiro atoms. The van der Waals surface area contributed by atoms with Crippen LogP contribution in [-0.4, -0.2) is 23.9 Å². The van der Waals surface area contributed by atoms with E-state index in [1.54, 1.807) is 0 Å². The number of aromatic nitrogens is 1. The summed E-state index contributed by atoms with van der Waals surface area (Å²) in [5.74, 6) is -0.329. The molecule has 1 aromatic heterocycles. The maximum atomic E-state index is 11.3. The van der Waals surface area contributed by atoms with Gasteiger partial charge in [0.2, 0.25) is 0 Å². The molecule has 0 aromatic carbocycles. The number of nitrogens with one attached hydrogen (secondary N) is 1. The molecule has 13 heavy (non-hydrogen) atoms. The Balaban J connectivity index is 2.70. The maximum Gasteiger partial charge on any atom is 0.256 e. The lowest BCUT2D eigenvalue weighted by atomic mass is 10.2. The second kappa shape index (κ2) is 4.39. The van der Waals surface area contributed by atoms with Gasteiger partial charge in [0.05, 0.1) is 12.2 Å². The van der Waals surface area contributed by atoms with Gasteiger partial charge in [0.25, 0.3) is 5.91 Å². The molecular weight excluding hydrogens is 172 g/mol. The highest BCUT2D eigenvalue weighted by Gasteiger charge is 2.13. The van der Waals surface area contributed by atoms with Crippen LogP contribution in [0.3, 0.4) is 0 Å². The van der Waals surface area contributed by atoms with Gasteiger partial charge in [-0.1, -0.05) is 12.1 Å². The van der Waals surface area contributed by atoms with Gasteiger partial charge in [0.1, 0.15) is 18.1 Å². The van der Waals surface area contributed by atoms with E-state index in [9.17, 15) is 9.59 Å². The van der Waals surface area contributed by atoms with Gasteiger partial charge >= 0.3 is 0 Å². The predicted octanol–water partition coefficient (Wildman–Crippen LogP) is 0.166. The van der Waals surface area contributed by atoms with Crippen molar-refractivity contribution < 1.29 is 14.1 Å². The first-order chi connectivity index (χ1) is 6.29. The van der Waals surface area contributed by atoms with Gasteiger partial charge in [0.15, 0.2) is 0 Å². The molecule has 0 aliphatic carbocycles. The highest BCUT2D eigenvalue weighted by molar-refractivity contribution is 5.95. The van der Waals surface area contributed by atoms with Crippen LogP contribution in [0, 0.1) is 0 Å². The molecule has 0 fully saturated rings. The van der Waals surface area contributed by atoms with Crippen molar-refractivity contribution in [2.75, 3.05) is 6.54 Å². The zero-order valence-electron chi connectivity index (χ0n) is 7.24. The molecule has 0 saturated heterocycles. The number of aldehydes is 1. The molecular formula is C8H10N2O3. The van der Waals surface area contributed by atoms with Crippen molar-refractivity contribution in [1.29, 1.82) is 0 Å². The van der Waals surface area contributed by atoms with Crippen molar-refractivity contribution in [2.45, 2.75) is 13.3 Å². The summed E-state index contributed by atoms with van der Waals surface area (Å²) in [6, 6.07) is 0. The van der Waals surface area contributed by atoms with Crippen LogP contribution in [0.5, 0.6) is 0 Å². The van der Waals surface area contributed by atoms with Crippen molar-refractivity contribution >= 4 is 12.2 Å². The molecule has 1 N–H and O–H groups in total. The second-order valence-corrected chi connectivity index (χ2v) is 2.41. The molecule has 1 rings (SSSR count). The van der Waals surface area contributed by atoms with Crippen molar-refractivity contribution in [3.8, 4) is 0 Å². The minimum atomic E-state index is -0.329. The van der Waals surface area contributed by atoms with Crippen molar-refractivity contribution in [3.63, 3.8) is 0 Å². The quantitative estimate of drug-likeness (QED) is 0.673. The van der Waals surface area contributed by atoms with Gasteiger partial charge in [-0.2, -0.15) is 0 Å². The summed E-state index contributed by atoms with van der Waals surface area (Å²) < 4.78 is 4.64. The minimum absolute atomic E-state index is 0.00711. The average Bonchev–Trinajstić information content (AvgIpc) is 2.61. The first-order valence-electron chi connectivity index (χ1n) is 3.94. The van der Waals surface area contributed by atoms with E-state index < -0.39 is 0 Å². The van der Waals surface area contributed by atoms with Crippen LogP contribution in [0.15, 0.2) is 10.8 Å². The van der Waals surface area contributed by atoms with E-state index in [0.29, 0.717) is 24.0 Å². The first kappa shape index (κ1) is 9.44. The summed E-state index contributed by atoms with van der Waals surface area (Å²) in [5, 5.41) is 6.04. The number of carbonyl (C=O) groups is 2. The van der Waals surface area contributed by atoms with Gasteiger partial charge in [0, 0.05) is 0 Å². The summed E-state index contributed by atoms with van der Waals surface area (Å²) >= 11 is 0. The molecule has 0 aliphatic rings. The Morgan fingerprint density at radius 2 is 2.54 bits per heavy atom. The standard InChI is InChI=1S/C8H10N2O3/c1-2-7-6(5-13-10-7)8(12)9-3-4-11/h4-5H,2-3H2,1H3,(H,9,12). The molecule has 5 nitrogen and oxygen atoms in total. The monoisotopic (exact) mass is 182 g/mol. The highest BCUT2D eigenvalue weighted by atomic mass is 16.5. The Hall–Kier alpha value is -1.65. The highest BCUT2D eigenvalue weighted by Crippen LogP contribution is 2.06. The lowest BCUT2D eigenvalue weighted by molar-refractivity contribution is -0.107. The number of carbonyl (C=O) groups excluding carboxylic acids is 2. The number of rotatable bonds is 4. The smallest absolute Gasteiger partial charge is 0.256 e. The van der Waals surface area contributed by atoms with E-state index in [1.165, 1.54) is 6.26 Å². The number of hydrogen-bond donors (Lipinski definition) is 1. The summed E-state index contributed by atoms with van der Waals surface area (Å²) in [7, 11) is 0. The zero-order chi connectivity index (χ0) is 9.68. The fraction of sp³-hybridized carbons (Fsp3) is 0.375. The van der Waals surface area contributed by atoms with E-state index in [-0.39, 0.29) is 12.5 Å². The van der Waals surface area contributed by atoms with E-state index in [4.69, 9.17) is 0 Å². The van der Waals surface area contributed by atoms with Crippen LogP contribution in [-0.2, 0) is 11.2 Å². The molecule has 0 radical (unpaired) electrons. The van der Waals surface area contributed by atoms with Crippen LogP contribution in [0.25, 0.3) is 0 Å². The van der Waals surface area contributed by atoms with Crippen LogP contribution in [0.2, 0.25) is 0 Å². The van der Waals surface area contributed by atoms with Crippen molar-refractivity contribution in [1.82, 2.24) is 10.5 Å². The largest absolute Gasteiger partial charge is 0.364 e. The summed E-state index contributed by atoms with van der Waals surface area (Å²) in [6.07, 6.45) is 2.52. The van der Waals surface area contributed by atoms with Crippen LogP contribution >= 0.6 is 0 Å². The summed E-state index contributed by atoms with van der Waals surface area (Å²) in [5.41, 5.74) is 0.993. The molecule has 0 atom stereocenters. The number of aryl methyl sites for hydroxylation is 1. The van der Waals surface area contributed by atoms with Gasteiger partial charge < -0.3 is 14.6 Å². The van der Waals surface area contributed by atoms with E-state index in [2.05, 4.69) is 15.0 Å². The molecule has 0 unspecified atom stereocenters. The molecule has 5 heteroatoms. The molecule has 1 aromatic rings. The molecule has 70 valence electrons. The molecule has 0 aliphatic heterocycles. The number of hydrogen-bond acceptors (Lipinski definition) is 4. The van der Waals surface area contributed by atoms with Crippen LogP contribution < -0.4 is 5.32 Å². The third kappa shape index (κ3) is 2.14. The molecule has 1 heterocycles. The van der Waals surface area contributed by atoms with Crippen molar-refractivity contribution in [3.05, 3.63) is 17.5 Å². The van der Waals surface area contributed by atoms with Crippen LogP contribution in [0.1, 0.15) is 23.0 Å². The van der Waals surface area contributed by atoms with Gasteiger partial charge in [-0.05, 0) is 6.42 Å². The van der Waals surface area contributed by atoms with Crippen LogP contribution in [0.4, 0.5) is 0 Å². The third-order valence-corrected chi connectivity index (χ3v) is 1.57. The van der Waals surface area contributed by atoms with Gasteiger partial charge in [-0.3, -0.25) is 4.79 Å². The second-order valence-electron chi connectivity index (χ2n) is 2.41. The Morgan fingerprint density at radius 1 is 1.77 bits per heavy atom. The third-order valence-electron chi connectivity index (χ3n) is 1.57. The normalized spacial score (nSPS) is 9.62. The average molecular weight is 182 g/mol. The maximum absolute atomic E-state index is 11.3. The predicted molar refractivity (Wildman–Crippen MR) is 44.3 cm³/mol. The fourth-order valence-electron chi connectivity index (χ4n) is 0.929. The SMILES string of the molecule is CCc1nocc1C(=O)NCC=O. The van der Waals surface area contributed by atoms with E-state index in [0.717, 1.165) is 0 Å². The zero-order valence-corrected chi connectivity index (χ0v) is 7.24. The minimum Gasteiger partial charge on any atom is -0.364 e. The number of amides is 1. The lowest BCUT2D eigenvalue weighted by Crippen LogP contribution is -2.25. The Kier molecular flexibility index (Phi) is 3.19. The van der Waals surface area contributed by atoms with Crippen molar-refractivity contribution in [2.24, 2.45) is 0 Å². The topological polar surface area (TPSA) is 72.2 Å². The first-order valence-corrected chi connectivity index (χ1v) is 3.94. The Morgan fingerprint density at radius 3 is 3.15 bits per heavy atom. The summed E-state index contributed by atoms with van der Waals surface area (Å²) in [6.45, 7) is 1.88. The summed E-state index contributed by atoms with van der Waals surface area (Å²) in [4.78, 5) is 21.3. The molecule has 0 bridgehead atoms. The molecule has 1 amide bonds. The van der Waals surface area contributed by atoms with E-state index in [1.807, 2.05) is 6.92 Å². The molecule has 0 saturated carbocycles. The fourth-order valence-corrected chi connectivity index (χ4v) is 0.929. The van der Waals surface area contributed by atoms with Gasteiger partial charge in [-0.15, -0.1) is 0 Å². The van der Waals surface area contributed by atoms with Gasteiger partial charge in [-0.25, -0.2) is 0 Å². The lowest BCUT2D eigenvalue weighted by Gasteiger charge is -1.97. The Labute approximate surface area is 75.1 Å². The number of nitrogens with zero attached hydrogens (tertiary/aromatic N) is 1.